The Hall–Kier alpha value is -0.440. The number of hydrogen-bond donors (Lipinski definition) is 0. The molecule has 1 aliphatic rings. The van der Waals surface area contributed by atoms with Gasteiger partial charge in [0.1, 0.15) is 5.75 Å². The van der Waals surface area contributed by atoms with Gasteiger partial charge in [-0.15, -0.1) is 11.6 Å². The molecule has 0 N–H and O–H groups in total. The molecule has 4 heteroatoms. The Bertz CT molecular complexity index is 351. The first kappa shape index (κ1) is 12.0. The molecule has 1 saturated carbocycles. The Morgan fingerprint density at radius 3 is 2.75 bits per heavy atom. The molecule has 88 valence electrons. The second-order valence-corrected chi connectivity index (χ2v) is 4.65. The number of rotatable bonds is 6. The van der Waals surface area contributed by atoms with Gasteiger partial charge in [0.25, 0.3) is 0 Å². The standard InChI is InChI=1S/C12H14Cl2O2/c13-6-10-3-4-12(11(14)5-10)16-8-15-7-9-1-2-9/h3-5,9H,1-2,6-8H2. The molecular weight excluding hydrogens is 247 g/mol. The molecule has 1 fully saturated rings. The van der Waals surface area contributed by atoms with E-state index in [0.717, 1.165) is 18.1 Å². The lowest BCUT2D eigenvalue weighted by Crippen LogP contribution is -2.05. The highest BCUT2D eigenvalue weighted by atomic mass is 35.5. The Morgan fingerprint density at radius 1 is 1.31 bits per heavy atom. The highest BCUT2D eigenvalue weighted by molar-refractivity contribution is 6.32. The minimum atomic E-state index is 0.260. The van der Waals surface area contributed by atoms with E-state index in [0.29, 0.717) is 16.7 Å². The van der Waals surface area contributed by atoms with Gasteiger partial charge in [0.05, 0.1) is 11.6 Å². The molecule has 0 amide bonds. The van der Waals surface area contributed by atoms with E-state index in [-0.39, 0.29) is 6.79 Å². The summed E-state index contributed by atoms with van der Waals surface area (Å²) < 4.78 is 10.8. The lowest BCUT2D eigenvalue weighted by molar-refractivity contribution is 0.0100. The van der Waals surface area contributed by atoms with Crippen LogP contribution in [0.3, 0.4) is 0 Å². The quantitative estimate of drug-likeness (QED) is 0.440. The third kappa shape index (κ3) is 3.55. The minimum Gasteiger partial charge on any atom is -0.466 e. The van der Waals surface area contributed by atoms with Crippen LogP contribution in [0.15, 0.2) is 18.2 Å². The molecule has 1 aromatic rings. The Kier molecular flexibility index (Phi) is 4.33. The molecule has 0 radical (unpaired) electrons. The first-order valence-corrected chi connectivity index (χ1v) is 6.26. The van der Waals surface area contributed by atoms with Gasteiger partial charge in [-0.3, -0.25) is 0 Å². The van der Waals surface area contributed by atoms with Crippen molar-refractivity contribution in [3.63, 3.8) is 0 Å². The average molecular weight is 261 g/mol. The van der Waals surface area contributed by atoms with Gasteiger partial charge in [-0.05, 0) is 36.5 Å². The number of benzene rings is 1. The van der Waals surface area contributed by atoms with Crippen molar-refractivity contribution in [2.75, 3.05) is 13.4 Å². The van der Waals surface area contributed by atoms with Crippen molar-refractivity contribution in [1.29, 1.82) is 0 Å². The summed E-state index contributed by atoms with van der Waals surface area (Å²) in [4.78, 5) is 0. The number of halogens is 2. The van der Waals surface area contributed by atoms with E-state index < -0.39 is 0 Å². The van der Waals surface area contributed by atoms with E-state index in [1.165, 1.54) is 12.8 Å². The van der Waals surface area contributed by atoms with Crippen LogP contribution in [-0.4, -0.2) is 13.4 Å². The van der Waals surface area contributed by atoms with E-state index in [9.17, 15) is 0 Å². The van der Waals surface area contributed by atoms with Gasteiger partial charge < -0.3 is 9.47 Å². The van der Waals surface area contributed by atoms with Crippen molar-refractivity contribution >= 4 is 23.2 Å². The molecule has 0 spiro atoms. The Morgan fingerprint density at radius 2 is 2.12 bits per heavy atom. The summed E-state index contributed by atoms with van der Waals surface area (Å²) in [6, 6.07) is 5.53. The van der Waals surface area contributed by atoms with Crippen molar-refractivity contribution in [2.45, 2.75) is 18.7 Å². The normalized spacial score (nSPS) is 15.1. The second kappa shape index (κ2) is 5.76. The van der Waals surface area contributed by atoms with Crippen LogP contribution < -0.4 is 4.74 Å². The highest BCUT2D eigenvalue weighted by Gasteiger charge is 2.21. The summed E-state index contributed by atoms with van der Waals surface area (Å²) in [7, 11) is 0. The van der Waals surface area contributed by atoms with Crippen molar-refractivity contribution in [2.24, 2.45) is 5.92 Å². The van der Waals surface area contributed by atoms with Gasteiger partial charge in [0, 0.05) is 5.88 Å². The lowest BCUT2D eigenvalue weighted by atomic mass is 10.2. The third-order valence-electron chi connectivity index (χ3n) is 2.50. The number of hydrogen-bond acceptors (Lipinski definition) is 2. The molecule has 0 heterocycles. The fourth-order valence-corrected chi connectivity index (χ4v) is 1.77. The fourth-order valence-electron chi connectivity index (χ4n) is 1.35. The van der Waals surface area contributed by atoms with Crippen molar-refractivity contribution in [3.8, 4) is 5.75 Å². The monoisotopic (exact) mass is 260 g/mol. The van der Waals surface area contributed by atoms with Gasteiger partial charge in [-0.2, -0.15) is 0 Å². The lowest BCUT2D eigenvalue weighted by Gasteiger charge is -2.09. The molecule has 0 bridgehead atoms. The molecule has 2 rings (SSSR count). The summed E-state index contributed by atoms with van der Waals surface area (Å²) in [5.74, 6) is 1.85. The van der Waals surface area contributed by atoms with E-state index in [4.69, 9.17) is 32.7 Å². The molecule has 1 aliphatic carbocycles. The maximum Gasteiger partial charge on any atom is 0.189 e. The predicted molar refractivity (Wildman–Crippen MR) is 65.2 cm³/mol. The van der Waals surface area contributed by atoms with Crippen LogP contribution >= 0.6 is 23.2 Å². The zero-order valence-electron chi connectivity index (χ0n) is 8.92. The maximum atomic E-state index is 6.02. The largest absolute Gasteiger partial charge is 0.466 e. The van der Waals surface area contributed by atoms with Crippen molar-refractivity contribution in [1.82, 2.24) is 0 Å². The molecule has 0 unspecified atom stereocenters. The van der Waals surface area contributed by atoms with Gasteiger partial charge in [-0.25, -0.2) is 0 Å². The Balaban J connectivity index is 1.78. The molecule has 0 saturated heterocycles. The topological polar surface area (TPSA) is 18.5 Å². The van der Waals surface area contributed by atoms with Crippen LogP contribution in [0, 0.1) is 5.92 Å². The molecule has 0 aromatic heterocycles. The van der Waals surface area contributed by atoms with Crippen LogP contribution in [0.5, 0.6) is 5.75 Å². The van der Waals surface area contributed by atoms with Gasteiger partial charge >= 0.3 is 0 Å². The van der Waals surface area contributed by atoms with Gasteiger partial charge in [-0.1, -0.05) is 17.7 Å². The van der Waals surface area contributed by atoms with Crippen molar-refractivity contribution < 1.29 is 9.47 Å². The summed E-state index contributed by atoms with van der Waals surface area (Å²) in [6.45, 7) is 1.05. The van der Waals surface area contributed by atoms with Gasteiger partial charge in [0.2, 0.25) is 0 Å². The fraction of sp³-hybridized carbons (Fsp3) is 0.500. The van der Waals surface area contributed by atoms with E-state index >= 15 is 0 Å². The molecular formula is C12H14Cl2O2. The summed E-state index contributed by atoms with van der Waals surface area (Å²) in [5.41, 5.74) is 0.984. The molecule has 0 atom stereocenters. The van der Waals surface area contributed by atoms with Crippen LogP contribution in [-0.2, 0) is 10.6 Å². The summed E-state index contributed by atoms with van der Waals surface area (Å²) in [6.07, 6.45) is 2.57. The SMILES string of the molecule is ClCc1ccc(OCOCC2CC2)c(Cl)c1. The zero-order chi connectivity index (χ0) is 11.4. The van der Waals surface area contributed by atoms with Crippen molar-refractivity contribution in [3.05, 3.63) is 28.8 Å². The highest BCUT2D eigenvalue weighted by Crippen LogP contribution is 2.29. The molecule has 1 aromatic carbocycles. The smallest absolute Gasteiger partial charge is 0.189 e. The molecule has 2 nitrogen and oxygen atoms in total. The number of alkyl halides is 1. The average Bonchev–Trinajstić information content (AvgIpc) is 3.10. The molecule has 0 aliphatic heterocycles. The van der Waals surface area contributed by atoms with Crippen LogP contribution in [0.25, 0.3) is 0 Å². The van der Waals surface area contributed by atoms with E-state index in [2.05, 4.69) is 0 Å². The minimum absolute atomic E-state index is 0.260. The Labute approximate surface area is 105 Å². The summed E-state index contributed by atoms with van der Waals surface area (Å²) in [5, 5.41) is 0.577. The third-order valence-corrected chi connectivity index (χ3v) is 3.10. The first-order chi connectivity index (χ1) is 7.79. The second-order valence-electron chi connectivity index (χ2n) is 3.97. The van der Waals surface area contributed by atoms with E-state index in [1.54, 1.807) is 0 Å². The van der Waals surface area contributed by atoms with Crippen LogP contribution in [0.4, 0.5) is 0 Å². The van der Waals surface area contributed by atoms with Crippen LogP contribution in [0.1, 0.15) is 18.4 Å². The first-order valence-electron chi connectivity index (χ1n) is 5.34. The molecule has 16 heavy (non-hydrogen) atoms. The zero-order valence-corrected chi connectivity index (χ0v) is 10.4. The summed E-state index contributed by atoms with van der Waals surface area (Å²) >= 11 is 11.7. The number of ether oxygens (including phenoxy) is 2. The van der Waals surface area contributed by atoms with E-state index in [1.807, 2.05) is 18.2 Å². The van der Waals surface area contributed by atoms with Crippen LogP contribution in [0.2, 0.25) is 5.02 Å². The van der Waals surface area contributed by atoms with Gasteiger partial charge in [0.15, 0.2) is 6.79 Å². The predicted octanol–water partition coefficient (Wildman–Crippen LogP) is 3.84. The maximum absolute atomic E-state index is 6.02.